The SMILES string of the molecule is CCCC(=O)Nc1cccc(NC(=O)c2c(C)nn(C)c2C)c1. The van der Waals surface area contributed by atoms with Crippen LogP contribution in [0.2, 0.25) is 0 Å². The molecular weight excluding hydrogens is 292 g/mol. The molecule has 0 atom stereocenters. The molecule has 0 spiro atoms. The van der Waals surface area contributed by atoms with Crippen molar-refractivity contribution in [3.63, 3.8) is 0 Å². The van der Waals surface area contributed by atoms with E-state index in [1.165, 1.54) is 0 Å². The highest BCUT2D eigenvalue weighted by atomic mass is 16.2. The zero-order valence-corrected chi connectivity index (χ0v) is 13.9. The van der Waals surface area contributed by atoms with Crippen molar-refractivity contribution in [3.8, 4) is 0 Å². The third kappa shape index (κ3) is 3.97. The van der Waals surface area contributed by atoms with Crippen LogP contribution in [0.15, 0.2) is 24.3 Å². The van der Waals surface area contributed by atoms with E-state index in [2.05, 4.69) is 15.7 Å². The lowest BCUT2D eigenvalue weighted by Crippen LogP contribution is -2.15. The molecule has 0 radical (unpaired) electrons. The number of hydrogen-bond donors (Lipinski definition) is 2. The van der Waals surface area contributed by atoms with Gasteiger partial charge in [0.25, 0.3) is 5.91 Å². The van der Waals surface area contributed by atoms with E-state index in [0.717, 1.165) is 12.1 Å². The molecule has 2 amide bonds. The average molecular weight is 314 g/mol. The second-order valence-corrected chi connectivity index (χ2v) is 5.50. The van der Waals surface area contributed by atoms with Gasteiger partial charge in [-0.05, 0) is 38.5 Å². The predicted molar refractivity (Wildman–Crippen MR) is 90.6 cm³/mol. The van der Waals surface area contributed by atoms with E-state index in [-0.39, 0.29) is 11.8 Å². The molecule has 23 heavy (non-hydrogen) atoms. The van der Waals surface area contributed by atoms with Gasteiger partial charge in [0.05, 0.1) is 11.3 Å². The molecule has 6 nitrogen and oxygen atoms in total. The molecule has 1 aromatic carbocycles. The molecule has 2 aromatic rings. The Labute approximate surface area is 135 Å². The Morgan fingerprint density at radius 3 is 2.39 bits per heavy atom. The molecule has 0 saturated carbocycles. The van der Waals surface area contributed by atoms with Gasteiger partial charge in [-0.1, -0.05) is 13.0 Å². The zero-order valence-electron chi connectivity index (χ0n) is 13.9. The molecule has 0 unspecified atom stereocenters. The Kier molecular flexibility index (Phi) is 5.16. The molecular formula is C17H22N4O2. The lowest BCUT2D eigenvalue weighted by molar-refractivity contribution is -0.116. The normalized spacial score (nSPS) is 10.4. The number of amides is 2. The van der Waals surface area contributed by atoms with Crippen molar-refractivity contribution < 1.29 is 9.59 Å². The number of aryl methyl sites for hydroxylation is 2. The Hall–Kier alpha value is -2.63. The maximum atomic E-state index is 12.5. The molecule has 1 aromatic heterocycles. The largest absolute Gasteiger partial charge is 0.326 e. The van der Waals surface area contributed by atoms with Gasteiger partial charge in [-0.2, -0.15) is 5.10 Å². The topological polar surface area (TPSA) is 76.0 Å². The van der Waals surface area contributed by atoms with Crippen LogP contribution in [0.5, 0.6) is 0 Å². The van der Waals surface area contributed by atoms with Crippen molar-refractivity contribution in [1.29, 1.82) is 0 Å². The first-order valence-corrected chi connectivity index (χ1v) is 7.63. The summed E-state index contributed by atoms with van der Waals surface area (Å²) in [6.07, 6.45) is 1.27. The van der Waals surface area contributed by atoms with Gasteiger partial charge in [-0.3, -0.25) is 14.3 Å². The number of nitrogens with zero attached hydrogens (tertiary/aromatic N) is 2. The Bertz CT molecular complexity index is 734. The summed E-state index contributed by atoms with van der Waals surface area (Å²) in [5.41, 5.74) is 3.38. The lowest BCUT2D eigenvalue weighted by Gasteiger charge is -2.09. The van der Waals surface area contributed by atoms with Gasteiger partial charge < -0.3 is 10.6 Å². The first-order valence-electron chi connectivity index (χ1n) is 7.63. The van der Waals surface area contributed by atoms with Gasteiger partial charge in [-0.25, -0.2) is 0 Å². The quantitative estimate of drug-likeness (QED) is 0.890. The summed E-state index contributed by atoms with van der Waals surface area (Å²) in [4.78, 5) is 24.1. The highest BCUT2D eigenvalue weighted by molar-refractivity contribution is 6.06. The zero-order chi connectivity index (χ0) is 17.0. The smallest absolute Gasteiger partial charge is 0.259 e. The molecule has 1 heterocycles. The number of aromatic nitrogens is 2. The van der Waals surface area contributed by atoms with Gasteiger partial charge in [0, 0.05) is 30.5 Å². The van der Waals surface area contributed by atoms with E-state index >= 15 is 0 Å². The Morgan fingerprint density at radius 2 is 1.83 bits per heavy atom. The highest BCUT2D eigenvalue weighted by Crippen LogP contribution is 2.18. The van der Waals surface area contributed by atoms with E-state index in [4.69, 9.17) is 0 Å². The lowest BCUT2D eigenvalue weighted by atomic mass is 10.1. The number of hydrogen-bond acceptors (Lipinski definition) is 3. The van der Waals surface area contributed by atoms with Gasteiger partial charge in [0.1, 0.15) is 0 Å². The second kappa shape index (κ2) is 7.09. The van der Waals surface area contributed by atoms with Crippen LogP contribution in [0.25, 0.3) is 0 Å². The summed E-state index contributed by atoms with van der Waals surface area (Å²) < 4.78 is 1.69. The van der Waals surface area contributed by atoms with Gasteiger partial charge >= 0.3 is 0 Å². The molecule has 2 N–H and O–H groups in total. The minimum atomic E-state index is -0.204. The van der Waals surface area contributed by atoms with Crippen LogP contribution in [0, 0.1) is 13.8 Å². The van der Waals surface area contributed by atoms with Crippen LogP contribution in [0.1, 0.15) is 41.5 Å². The van der Waals surface area contributed by atoms with Crippen molar-refractivity contribution in [1.82, 2.24) is 9.78 Å². The number of benzene rings is 1. The molecule has 122 valence electrons. The van der Waals surface area contributed by atoms with E-state index in [1.54, 1.807) is 28.9 Å². The third-order valence-corrected chi connectivity index (χ3v) is 3.62. The van der Waals surface area contributed by atoms with Crippen molar-refractivity contribution in [2.45, 2.75) is 33.6 Å². The number of carbonyl (C=O) groups excluding carboxylic acids is 2. The molecule has 0 aliphatic carbocycles. The fraction of sp³-hybridized carbons (Fsp3) is 0.353. The van der Waals surface area contributed by atoms with Crippen LogP contribution in [0.4, 0.5) is 11.4 Å². The van der Waals surface area contributed by atoms with E-state index < -0.39 is 0 Å². The van der Waals surface area contributed by atoms with Gasteiger partial charge in [0.2, 0.25) is 5.91 Å². The van der Waals surface area contributed by atoms with Gasteiger partial charge in [0.15, 0.2) is 0 Å². The summed E-state index contributed by atoms with van der Waals surface area (Å²) in [7, 11) is 1.81. The minimum Gasteiger partial charge on any atom is -0.326 e. The maximum absolute atomic E-state index is 12.5. The third-order valence-electron chi connectivity index (χ3n) is 3.62. The first-order chi connectivity index (χ1) is 10.9. The maximum Gasteiger partial charge on any atom is 0.259 e. The molecule has 0 fully saturated rings. The van der Waals surface area contributed by atoms with Crippen LogP contribution in [-0.4, -0.2) is 21.6 Å². The Balaban J connectivity index is 2.14. The van der Waals surface area contributed by atoms with Crippen LogP contribution in [-0.2, 0) is 11.8 Å². The van der Waals surface area contributed by atoms with Gasteiger partial charge in [-0.15, -0.1) is 0 Å². The fourth-order valence-corrected chi connectivity index (χ4v) is 2.42. The summed E-state index contributed by atoms with van der Waals surface area (Å²) in [5, 5.41) is 9.92. The summed E-state index contributed by atoms with van der Waals surface area (Å²) in [6.45, 7) is 5.62. The average Bonchev–Trinajstić information content (AvgIpc) is 2.72. The van der Waals surface area contributed by atoms with Crippen LogP contribution >= 0.6 is 0 Å². The van der Waals surface area contributed by atoms with Crippen molar-refractivity contribution in [2.24, 2.45) is 7.05 Å². The molecule has 0 aliphatic rings. The summed E-state index contributed by atoms with van der Waals surface area (Å²) in [6, 6.07) is 7.12. The van der Waals surface area contributed by atoms with Crippen molar-refractivity contribution >= 4 is 23.2 Å². The number of carbonyl (C=O) groups is 2. The second-order valence-electron chi connectivity index (χ2n) is 5.50. The molecule has 6 heteroatoms. The molecule has 0 bridgehead atoms. The molecule has 0 saturated heterocycles. The summed E-state index contributed by atoms with van der Waals surface area (Å²) >= 11 is 0. The van der Waals surface area contributed by atoms with E-state index in [1.807, 2.05) is 27.8 Å². The predicted octanol–water partition coefficient (Wildman–Crippen LogP) is 3.03. The molecule has 2 rings (SSSR count). The molecule has 0 aliphatic heterocycles. The van der Waals surface area contributed by atoms with E-state index in [9.17, 15) is 9.59 Å². The fourth-order valence-electron chi connectivity index (χ4n) is 2.42. The standard InChI is InChI=1S/C17H22N4O2/c1-5-7-15(22)18-13-8-6-9-14(10-13)19-17(23)16-11(2)20-21(4)12(16)3/h6,8-10H,5,7H2,1-4H3,(H,18,22)(H,19,23). The number of nitrogens with one attached hydrogen (secondary N) is 2. The Morgan fingerprint density at radius 1 is 1.17 bits per heavy atom. The van der Waals surface area contributed by atoms with Crippen molar-refractivity contribution in [2.75, 3.05) is 10.6 Å². The van der Waals surface area contributed by atoms with Crippen molar-refractivity contribution in [3.05, 3.63) is 41.2 Å². The van der Waals surface area contributed by atoms with E-state index in [0.29, 0.717) is 29.1 Å². The highest BCUT2D eigenvalue weighted by Gasteiger charge is 2.17. The minimum absolute atomic E-state index is 0.0325. The van der Waals surface area contributed by atoms with Crippen LogP contribution < -0.4 is 10.6 Å². The number of anilines is 2. The summed E-state index contributed by atoms with van der Waals surface area (Å²) in [5.74, 6) is -0.236. The van der Waals surface area contributed by atoms with Crippen LogP contribution in [0.3, 0.4) is 0 Å². The number of rotatable bonds is 5. The first kappa shape index (κ1) is 16.7. The monoisotopic (exact) mass is 314 g/mol.